The minimum absolute atomic E-state index is 0.0212. The van der Waals surface area contributed by atoms with Gasteiger partial charge in [-0.15, -0.1) is 0 Å². The zero-order valence-corrected chi connectivity index (χ0v) is 16.0. The maximum absolute atomic E-state index is 13.0. The van der Waals surface area contributed by atoms with Crippen molar-refractivity contribution in [2.75, 3.05) is 0 Å². The predicted molar refractivity (Wildman–Crippen MR) is 107 cm³/mol. The second kappa shape index (κ2) is 7.53. The Balaban J connectivity index is 2.19. The van der Waals surface area contributed by atoms with Crippen molar-refractivity contribution in [3.05, 3.63) is 97.8 Å². The van der Waals surface area contributed by atoms with E-state index in [1.807, 2.05) is 44.2 Å². The summed E-state index contributed by atoms with van der Waals surface area (Å²) in [6.07, 6.45) is 0. The molecule has 140 valence electrons. The first-order valence-electron chi connectivity index (χ1n) is 8.87. The lowest BCUT2D eigenvalue weighted by Crippen LogP contribution is -2.27. The summed E-state index contributed by atoms with van der Waals surface area (Å²) < 4.78 is 1.08. The minimum atomic E-state index is -0.612. The molecule has 3 aromatic rings. The molecule has 0 spiro atoms. The summed E-state index contributed by atoms with van der Waals surface area (Å²) in [6, 6.07) is 16.3. The number of carbonyl (C=O) groups is 1. The van der Waals surface area contributed by atoms with Gasteiger partial charge in [0.1, 0.15) is 11.6 Å². The van der Waals surface area contributed by atoms with Crippen molar-refractivity contribution in [3.8, 4) is 11.9 Å². The molecule has 5 nitrogen and oxygen atoms in total. The third-order valence-corrected chi connectivity index (χ3v) is 4.80. The van der Waals surface area contributed by atoms with Gasteiger partial charge in [-0.25, -0.2) is 0 Å². The molecule has 28 heavy (non-hydrogen) atoms. The van der Waals surface area contributed by atoms with Crippen LogP contribution in [-0.2, 0) is 6.54 Å². The molecule has 0 radical (unpaired) electrons. The van der Waals surface area contributed by atoms with Crippen LogP contribution < -0.4 is 5.56 Å². The van der Waals surface area contributed by atoms with E-state index < -0.39 is 17.2 Å². The number of pyridine rings is 1. The first-order valence-corrected chi connectivity index (χ1v) is 8.87. The second-order valence-electron chi connectivity index (χ2n) is 6.88. The van der Waals surface area contributed by atoms with Crippen molar-refractivity contribution in [2.45, 2.75) is 27.3 Å². The number of benzene rings is 2. The lowest BCUT2D eigenvalue weighted by molar-refractivity contribution is 0.103. The van der Waals surface area contributed by atoms with Crippen LogP contribution in [0.25, 0.3) is 0 Å². The Hall–Kier alpha value is -3.65. The fourth-order valence-corrected chi connectivity index (χ4v) is 3.09. The van der Waals surface area contributed by atoms with Gasteiger partial charge < -0.3 is 5.11 Å². The van der Waals surface area contributed by atoms with E-state index in [1.165, 1.54) is 6.92 Å². The van der Waals surface area contributed by atoms with Crippen LogP contribution in [0.3, 0.4) is 0 Å². The largest absolute Gasteiger partial charge is 0.494 e. The number of aromatic nitrogens is 1. The number of rotatable bonds is 4. The molecule has 0 saturated carbocycles. The highest BCUT2D eigenvalue weighted by molar-refractivity contribution is 6.11. The zero-order chi connectivity index (χ0) is 20.4. The fourth-order valence-electron chi connectivity index (χ4n) is 3.09. The van der Waals surface area contributed by atoms with Crippen LogP contribution >= 0.6 is 0 Å². The lowest BCUT2D eigenvalue weighted by atomic mass is 9.96. The van der Waals surface area contributed by atoms with Gasteiger partial charge >= 0.3 is 0 Å². The standard InChI is InChI=1S/C23H20N2O3/c1-14-4-8-17(9-5-14)13-25-22(27)19(12-24)16(3)20(23(25)28)21(26)18-10-6-15(2)7-11-18/h4-11,28H,13H2,1-3H3. The number of nitriles is 1. The molecule has 0 unspecified atom stereocenters. The Kier molecular flexibility index (Phi) is 5.14. The SMILES string of the molecule is Cc1ccc(Cn2c(O)c(C(=O)c3ccc(C)cc3)c(C)c(C#N)c2=O)cc1. The van der Waals surface area contributed by atoms with E-state index in [0.29, 0.717) is 5.56 Å². The van der Waals surface area contributed by atoms with Gasteiger partial charge in [-0.2, -0.15) is 5.26 Å². The number of aryl methyl sites for hydroxylation is 2. The van der Waals surface area contributed by atoms with Crippen LogP contribution in [0.4, 0.5) is 0 Å². The zero-order valence-electron chi connectivity index (χ0n) is 16.0. The molecule has 5 heteroatoms. The highest BCUT2D eigenvalue weighted by Crippen LogP contribution is 2.25. The molecule has 3 rings (SSSR count). The highest BCUT2D eigenvalue weighted by Gasteiger charge is 2.24. The highest BCUT2D eigenvalue weighted by atomic mass is 16.3. The summed E-state index contributed by atoms with van der Waals surface area (Å²) in [5, 5.41) is 20.3. The van der Waals surface area contributed by atoms with Crippen LogP contribution in [0.15, 0.2) is 53.3 Å². The van der Waals surface area contributed by atoms with E-state index in [4.69, 9.17) is 0 Å². The average Bonchev–Trinajstić information content (AvgIpc) is 2.67. The molecule has 1 N–H and O–H groups in total. The molecule has 1 aromatic heterocycles. The van der Waals surface area contributed by atoms with Crippen LogP contribution in [0.2, 0.25) is 0 Å². The molecule has 0 amide bonds. The number of hydrogen-bond acceptors (Lipinski definition) is 4. The molecule has 0 atom stereocenters. The first kappa shape index (κ1) is 19.1. The normalized spacial score (nSPS) is 10.5. The number of ketones is 1. The minimum Gasteiger partial charge on any atom is -0.494 e. The van der Waals surface area contributed by atoms with E-state index in [0.717, 1.165) is 21.3 Å². The summed E-state index contributed by atoms with van der Waals surface area (Å²) in [4.78, 5) is 25.8. The Bertz CT molecular complexity index is 1150. The molecule has 1 heterocycles. The quantitative estimate of drug-likeness (QED) is 0.709. The molecule has 0 bridgehead atoms. The summed E-state index contributed by atoms with van der Waals surface area (Å²) in [6.45, 7) is 5.43. The smallest absolute Gasteiger partial charge is 0.271 e. The molecular weight excluding hydrogens is 352 g/mol. The van der Waals surface area contributed by atoms with E-state index in [9.17, 15) is 20.0 Å². The maximum atomic E-state index is 13.0. The van der Waals surface area contributed by atoms with Gasteiger partial charge in [0.15, 0.2) is 5.78 Å². The van der Waals surface area contributed by atoms with Crippen molar-refractivity contribution >= 4 is 5.78 Å². The van der Waals surface area contributed by atoms with E-state index in [-0.39, 0.29) is 23.2 Å². The number of aromatic hydroxyl groups is 1. The van der Waals surface area contributed by atoms with Gasteiger partial charge in [0.05, 0.1) is 12.1 Å². The molecule has 0 fully saturated rings. The van der Waals surface area contributed by atoms with Gasteiger partial charge in [-0.05, 0) is 31.9 Å². The third kappa shape index (κ3) is 3.45. The number of nitrogens with zero attached hydrogens (tertiary/aromatic N) is 2. The topological polar surface area (TPSA) is 83.1 Å². The summed E-state index contributed by atoms with van der Waals surface area (Å²) >= 11 is 0. The van der Waals surface area contributed by atoms with Crippen molar-refractivity contribution in [2.24, 2.45) is 0 Å². The summed E-state index contributed by atoms with van der Waals surface area (Å²) in [5.41, 5.74) is 2.65. The fraction of sp³-hybridized carbons (Fsp3) is 0.174. The second-order valence-corrected chi connectivity index (χ2v) is 6.88. The third-order valence-electron chi connectivity index (χ3n) is 4.80. The van der Waals surface area contributed by atoms with Gasteiger partial charge in [0.2, 0.25) is 5.88 Å². The van der Waals surface area contributed by atoms with Crippen molar-refractivity contribution in [1.82, 2.24) is 4.57 Å². The first-order chi connectivity index (χ1) is 13.3. The van der Waals surface area contributed by atoms with Gasteiger partial charge in [-0.1, -0.05) is 59.7 Å². The average molecular weight is 372 g/mol. The number of carbonyl (C=O) groups excluding carboxylic acids is 1. The Labute approximate surface area is 163 Å². The van der Waals surface area contributed by atoms with Crippen molar-refractivity contribution in [1.29, 1.82) is 5.26 Å². The number of hydrogen-bond donors (Lipinski definition) is 1. The molecule has 0 saturated heterocycles. The van der Waals surface area contributed by atoms with Gasteiger partial charge in [0, 0.05) is 5.56 Å². The Morgan fingerprint density at radius 1 is 1.00 bits per heavy atom. The Morgan fingerprint density at radius 2 is 1.54 bits per heavy atom. The van der Waals surface area contributed by atoms with Crippen LogP contribution in [0, 0.1) is 32.1 Å². The summed E-state index contributed by atoms with van der Waals surface area (Å²) in [5.74, 6) is -0.850. The monoisotopic (exact) mass is 372 g/mol. The molecule has 0 aliphatic heterocycles. The van der Waals surface area contributed by atoms with Crippen LogP contribution in [-0.4, -0.2) is 15.5 Å². The summed E-state index contributed by atoms with van der Waals surface area (Å²) in [7, 11) is 0. The van der Waals surface area contributed by atoms with E-state index in [2.05, 4.69) is 0 Å². The predicted octanol–water partition coefficient (Wildman–Crippen LogP) is 3.63. The Morgan fingerprint density at radius 3 is 2.07 bits per heavy atom. The van der Waals surface area contributed by atoms with E-state index >= 15 is 0 Å². The van der Waals surface area contributed by atoms with Gasteiger partial charge in [-0.3, -0.25) is 14.2 Å². The molecule has 2 aromatic carbocycles. The maximum Gasteiger partial charge on any atom is 0.271 e. The lowest BCUT2D eigenvalue weighted by Gasteiger charge is -2.16. The molecule has 0 aliphatic rings. The van der Waals surface area contributed by atoms with Crippen molar-refractivity contribution in [3.63, 3.8) is 0 Å². The molecular formula is C23H20N2O3. The van der Waals surface area contributed by atoms with Crippen LogP contribution in [0.5, 0.6) is 5.88 Å². The van der Waals surface area contributed by atoms with Gasteiger partial charge in [0.25, 0.3) is 5.56 Å². The van der Waals surface area contributed by atoms with Crippen LogP contribution in [0.1, 0.15) is 43.7 Å². The van der Waals surface area contributed by atoms with E-state index in [1.54, 1.807) is 24.3 Å². The van der Waals surface area contributed by atoms with Crippen molar-refractivity contribution < 1.29 is 9.90 Å². The molecule has 0 aliphatic carbocycles.